The number of benzene rings is 1. The van der Waals surface area contributed by atoms with Crippen molar-refractivity contribution >= 4 is 11.2 Å². The van der Waals surface area contributed by atoms with Gasteiger partial charge in [0.05, 0.1) is 5.56 Å². The molecule has 0 saturated heterocycles. The van der Waals surface area contributed by atoms with E-state index in [4.69, 9.17) is 0 Å². The fourth-order valence-electron chi connectivity index (χ4n) is 2.94. The van der Waals surface area contributed by atoms with E-state index >= 15 is 0 Å². The second-order valence-electron chi connectivity index (χ2n) is 6.07. The summed E-state index contributed by atoms with van der Waals surface area (Å²) >= 11 is 0. The first-order valence-corrected chi connectivity index (χ1v) is 8.58. The van der Waals surface area contributed by atoms with E-state index in [1.807, 2.05) is 0 Å². The van der Waals surface area contributed by atoms with Gasteiger partial charge in [-0.15, -0.1) is 0 Å². The van der Waals surface area contributed by atoms with Crippen LogP contribution in [0.2, 0.25) is 0 Å². The molecule has 1 aromatic carbocycles. The molecule has 0 saturated carbocycles. The van der Waals surface area contributed by atoms with Crippen molar-refractivity contribution in [2.75, 3.05) is 0 Å². The van der Waals surface area contributed by atoms with Gasteiger partial charge in [0.15, 0.2) is 17.0 Å². The second-order valence-corrected chi connectivity index (χ2v) is 6.07. The zero-order valence-electron chi connectivity index (χ0n) is 15.5. The fourth-order valence-corrected chi connectivity index (χ4v) is 2.94. The molecule has 0 N–H and O–H groups in total. The highest BCUT2D eigenvalue weighted by Gasteiger charge is 2.30. The predicted octanol–water partition coefficient (Wildman–Crippen LogP) is 2.36. The highest BCUT2D eigenvalue weighted by Crippen LogP contribution is 2.29. The molecule has 0 unspecified atom stereocenters. The summed E-state index contributed by atoms with van der Waals surface area (Å²) < 4.78 is 42.4. The Morgan fingerprint density at radius 1 is 1.07 bits per heavy atom. The third-order valence-electron chi connectivity index (χ3n) is 4.38. The molecule has 28 heavy (non-hydrogen) atoms. The highest BCUT2D eigenvalue weighted by molar-refractivity contribution is 5.72. The second kappa shape index (κ2) is 7.03. The van der Waals surface area contributed by atoms with Gasteiger partial charge >= 0.3 is 11.9 Å². The topological polar surface area (TPSA) is 61.8 Å². The Balaban J connectivity index is 2.19. The van der Waals surface area contributed by atoms with Crippen LogP contribution < -0.4 is 11.2 Å². The Kier molecular flexibility index (Phi) is 4.89. The third kappa shape index (κ3) is 3.22. The van der Waals surface area contributed by atoms with Crippen LogP contribution in [0.5, 0.6) is 0 Å². The molecule has 0 aliphatic heterocycles. The van der Waals surface area contributed by atoms with E-state index in [2.05, 4.69) is 16.8 Å². The summed E-state index contributed by atoms with van der Waals surface area (Å²) in [5.74, 6) is 5.53. The average Bonchev–Trinajstić information content (AvgIpc) is 2.97. The Morgan fingerprint density at radius 2 is 1.75 bits per heavy atom. The first kappa shape index (κ1) is 19.5. The lowest BCUT2D eigenvalue weighted by atomic mass is 10.1. The van der Waals surface area contributed by atoms with Gasteiger partial charge in [0.1, 0.15) is 0 Å². The Bertz CT molecular complexity index is 1240. The largest absolute Gasteiger partial charge is 0.416 e. The van der Waals surface area contributed by atoms with Crippen LogP contribution in [0, 0.1) is 11.8 Å². The van der Waals surface area contributed by atoms with Crippen molar-refractivity contribution in [1.82, 2.24) is 18.7 Å². The number of fused-ring (bicyclic) bond motifs is 1. The van der Waals surface area contributed by atoms with Crippen LogP contribution in [0.1, 0.15) is 30.8 Å². The molecule has 0 spiro atoms. The summed E-state index contributed by atoms with van der Waals surface area (Å²) in [4.78, 5) is 29.3. The van der Waals surface area contributed by atoms with Crippen LogP contribution in [0.15, 0.2) is 33.9 Å². The van der Waals surface area contributed by atoms with E-state index in [9.17, 15) is 22.8 Å². The molecule has 146 valence electrons. The minimum atomic E-state index is -4.46. The Morgan fingerprint density at radius 3 is 2.36 bits per heavy atom. The quantitative estimate of drug-likeness (QED) is 0.631. The summed E-state index contributed by atoms with van der Waals surface area (Å²) in [5, 5.41) is 0. The van der Waals surface area contributed by atoms with Gasteiger partial charge < -0.3 is 4.57 Å². The number of hydrogen-bond acceptors (Lipinski definition) is 3. The molecule has 6 nitrogen and oxygen atoms in total. The molecule has 3 rings (SSSR count). The molecule has 0 fully saturated rings. The van der Waals surface area contributed by atoms with Gasteiger partial charge in [-0.25, -0.2) is 9.78 Å². The third-order valence-corrected chi connectivity index (χ3v) is 4.38. The molecule has 0 aliphatic carbocycles. The zero-order chi connectivity index (χ0) is 20.6. The van der Waals surface area contributed by atoms with Gasteiger partial charge in [-0.3, -0.25) is 13.9 Å². The Hall–Kier alpha value is -3.28. The zero-order valence-corrected chi connectivity index (χ0v) is 15.5. The number of rotatable bonds is 2. The fraction of sp³-hybridized carbons (Fsp3) is 0.316. The minimum absolute atomic E-state index is 0.167. The van der Waals surface area contributed by atoms with Crippen LogP contribution in [0.25, 0.3) is 11.2 Å². The van der Waals surface area contributed by atoms with Gasteiger partial charge in [0.25, 0.3) is 5.56 Å². The first-order valence-electron chi connectivity index (χ1n) is 8.58. The Labute approximate surface area is 157 Å². The maximum atomic E-state index is 12.8. The molecular weight excluding hydrogens is 373 g/mol. The van der Waals surface area contributed by atoms with Gasteiger partial charge in [0.2, 0.25) is 0 Å². The van der Waals surface area contributed by atoms with Crippen molar-refractivity contribution in [3.63, 3.8) is 0 Å². The van der Waals surface area contributed by atoms with Crippen molar-refractivity contribution in [2.24, 2.45) is 7.05 Å². The monoisotopic (exact) mass is 390 g/mol. The molecule has 3 aromatic rings. The summed E-state index contributed by atoms with van der Waals surface area (Å²) in [6, 6.07) is 4.64. The van der Waals surface area contributed by atoms with E-state index in [1.165, 1.54) is 21.3 Å². The van der Waals surface area contributed by atoms with Crippen molar-refractivity contribution in [1.29, 1.82) is 0 Å². The lowest BCUT2D eigenvalue weighted by Gasteiger charge is -2.07. The van der Waals surface area contributed by atoms with Crippen LogP contribution in [0.3, 0.4) is 0 Å². The van der Waals surface area contributed by atoms with Crippen LogP contribution >= 0.6 is 0 Å². The molecule has 9 heteroatoms. The molecule has 0 atom stereocenters. The van der Waals surface area contributed by atoms with E-state index in [0.29, 0.717) is 6.54 Å². The molecule has 2 aromatic heterocycles. The standard InChI is InChI=1S/C19H17F3N4O2/c1-4-25-16-15(17(27)26(5-2)18(25)28)24(3)14(23-16)10-9-12-7-6-8-13(11-12)19(20,21)22/h6-8,11H,4-5H2,1-3H3. The number of halogens is 3. The van der Waals surface area contributed by atoms with Crippen LogP contribution in [-0.2, 0) is 26.3 Å². The predicted molar refractivity (Wildman–Crippen MR) is 98.0 cm³/mol. The maximum absolute atomic E-state index is 12.8. The summed E-state index contributed by atoms with van der Waals surface area (Å²) in [6.07, 6.45) is -4.46. The smallest absolute Gasteiger partial charge is 0.314 e. The molecule has 2 heterocycles. The average molecular weight is 390 g/mol. The number of aryl methyl sites for hydroxylation is 2. The summed E-state index contributed by atoms with van der Waals surface area (Å²) in [5.41, 5.74) is -1.14. The van der Waals surface area contributed by atoms with Crippen molar-refractivity contribution in [2.45, 2.75) is 33.1 Å². The van der Waals surface area contributed by atoms with Gasteiger partial charge in [-0.05, 0) is 38.0 Å². The number of nitrogens with zero attached hydrogens (tertiary/aromatic N) is 4. The van der Waals surface area contributed by atoms with Crippen molar-refractivity contribution in [3.05, 3.63) is 62.1 Å². The van der Waals surface area contributed by atoms with E-state index < -0.39 is 23.0 Å². The number of alkyl halides is 3. The summed E-state index contributed by atoms with van der Waals surface area (Å²) in [6.45, 7) is 3.98. The van der Waals surface area contributed by atoms with Crippen LogP contribution in [-0.4, -0.2) is 18.7 Å². The van der Waals surface area contributed by atoms with Gasteiger partial charge in [0, 0.05) is 25.7 Å². The SMILES string of the molecule is CCn1c(=O)c2c(nc(C#Cc3cccc(C(F)(F)F)c3)n2C)n(CC)c1=O. The van der Waals surface area contributed by atoms with Gasteiger partial charge in [-0.1, -0.05) is 12.0 Å². The van der Waals surface area contributed by atoms with Crippen molar-refractivity contribution < 1.29 is 13.2 Å². The summed E-state index contributed by atoms with van der Waals surface area (Å²) in [7, 11) is 1.58. The first-order chi connectivity index (χ1) is 13.2. The lowest BCUT2D eigenvalue weighted by molar-refractivity contribution is -0.137. The molecule has 0 bridgehead atoms. The molecule has 0 amide bonds. The minimum Gasteiger partial charge on any atom is -0.314 e. The van der Waals surface area contributed by atoms with E-state index in [0.717, 1.165) is 16.7 Å². The molecular formula is C19H17F3N4O2. The van der Waals surface area contributed by atoms with E-state index in [1.54, 1.807) is 20.9 Å². The molecule has 0 aliphatic rings. The van der Waals surface area contributed by atoms with Crippen LogP contribution in [0.4, 0.5) is 13.2 Å². The molecule has 0 radical (unpaired) electrons. The van der Waals surface area contributed by atoms with Crippen molar-refractivity contribution in [3.8, 4) is 11.8 Å². The normalized spacial score (nSPS) is 11.5. The lowest BCUT2D eigenvalue weighted by Crippen LogP contribution is -2.39. The highest BCUT2D eigenvalue weighted by atomic mass is 19.4. The van der Waals surface area contributed by atoms with Gasteiger partial charge in [-0.2, -0.15) is 13.2 Å². The maximum Gasteiger partial charge on any atom is 0.416 e. The van der Waals surface area contributed by atoms with E-state index in [-0.39, 0.29) is 29.1 Å². The number of imidazole rings is 1. The number of hydrogen-bond donors (Lipinski definition) is 0. The number of aromatic nitrogens is 4.